The van der Waals surface area contributed by atoms with Gasteiger partial charge < -0.3 is 0 Å². The zero-order valence-electron chi connectivity index (χ0n) is 7.33. The molecule has 1 aromatic heterocycles. The second-order valence-corrected chi connectivity index (χ2v) is 6.33. The highest BCUT2D eigenvalue weighted by atomic mass is 28.3. The van der Waals surface area contributed by atoms with Gasteiger partial charge in [-0.05, 0) is 24.2 Å². The molecule has 0 aliphatic rings. The summed E-state index contributed by atoms with van der Waals surface area (Å²) in [4.78, 5) is 0. The average molecular weight is 166 g/mol. The fourth-order valence-electron chi connectivity index (χ4n) is 1.37. The topological polar surface area (TPSA) is 3.88 Å². The molecule has 60 valence electrons. The van der Waals surface area contributed by atoms with Gasteiger partial charge in [-0.25, -0.2) is 0 Å². The Hall–Kier alpha value is -0.633. The molecule has 0 saturated carbocycles. The summed E-state index contributed by atoms with van der Waals surface area (Å²) in [6.45, 7) is 4.58. The van der Waals surface area contributed by atoms with Crippen molar-refractivity contribution in [3.05, 3.63) is 30.6 Å². The molecule has 0 unspecified atom stereocenters. The molecule has 1 aromatic rings. The van der Waals surface area contributed by atoms with Crippen LogP contribution in [-0.2, 0) is 0 Å². The van der Waals surface area contributed by atoms with E-state index in [1.54, 1.807) is 0 Å². The van der Waals surface area contributed by atoms with Crippen molar-refractivity contribution in [2.24, 2.45) is 0 Å². The van der Waals surface area contributed by atoms with Gasteiger partial charge >= 0.3 is 8.96 Å². The van der Waals surface area contributed by atoms with E-state index in [9.17, 15) is 0 Å². The van der Waals surface area contributed by atoms with Gasteiger partial charge in [-0.2, -0.15) is 0 Å². The van der Waals surface area contributed by atoms with Crippen molar-refractivity contribution in [3.8, 4) is 0 Å². The standard InChI is InChI=1S/C9H16NSi/c1-3-11(4-2)10-8-6-5-7-9-10/h5-9,11H,3-4H2,1-2H3/q+1. The summed E-state index contributed by atoms with van der Waals surface area (Å²) >= 11 is 0. The van der Waals surface area contributed by atoms with Crippen LogP contribution in [0.2, 0.25) is 12.1 Å². The normalized spacial score (nSPS) is 10.5. The fourth-order valence-corrected chi connectivity index (χ4v) is 3.47. The minimum atomic E-state index is -0.634. The summed E-state index contributed by atoms with van der Waals surface area (Å²) in [5.74, 6) is 0. The van der Waals surface area contributed by atoms with Gasteiger partial charge in [0.1, 0.15) is 12.4 Å². The first-order valence-electron chi connectivity index (χ1n) is 4.34. The minimum absolute atomic E-state index is 0.634. The Balaban J connectivity index is 2.74. The Labute approximate surface area is 70.4 Å². The number of pyridine rings is 1. The molecular weight excluding hydrogens is 150 g/mol. The van der Waals surface area contributed by atoms with Gasteiger partial charge in [-0.15, -0.1) is 0 Å². The van der Waals surface area contributed by atoms with Gasteiger partial charge in [0.05, 0.1) is 0 Å². The van der Waals surface area contributed by atoms with Crippen molar-refractivity contribution >= 4 is 8.96 Å². The van der Waals surface area contributed by atoms with Crippen LogP contribution in [0.5, 0.6) is 0 Å². The maximum Gasteiger partial charge on any atom is 0.347 e. The molecule has 0 spiro atoms. The zero-order valence-corrected chi connectivity index (χ0v) is 8.48. The van der Waals surface area contributed by atoms with Gasteiger partial charge in [-0.1, -0.05) is 19.9 Å². The van der Waals surface area contributed by atoms with Crippen LogP contribution in [0.15, 0.2) is 30.6 Å². The molecule has 1 rings (SSSR count). The molecule has 0 atom stereocenters. The van der Waals surface area contributed by atoms with Gasteiger partial charge in [0.2, 0.25) is 0 Å². The second kappa shape index (κ2) is 4.29. The first-order chi connectivity index (χ1) is 5.38. The van der Waals surface area contributed by atoms with Crippen LogP contribution < -0.4 is 4.23 Å². The maximum absolute atomic E-state index is 2.42. The lowest BCUT2D eigenvalue weighted by atomic mass is 10.5. The molecule has 1 heterocycles. The van der Waals surface area contributed by atoms with Crippen LogP contribution in [0, 0.1) is 0 Å². The largest absolute Gasteiger partial charge is 0.347 e. The average Bonchev–Trinajstić information content (AvgIpc) is 2.09. The van der Waals surface area contributed by atoms with Crippen molar-refractivity contribution in [1.82, 2.24) is 0 Å². The van der Waals surface area contributed by atoms with E-state index < -0.39 is 8.96 Å². The Morgan fingerprint density at radius 2 is 1.55 bits per heavy atom. The van der Waals surface area contributed by atoms with E-state index in [0.29, 0.717) is 0 Å². The van der Waals surface area contributed by atoms with E-state index in [2.05, 4.69) is 48.7 Å². The van der Waals surface area contributed by atoms with Crippen LogP contribution >= 0.6 is 0 Å². The summed E-state index contributed by atoms with van der Waals surface area (Å²) in [7, 11) is -0.634. The molecular formula is C9H16NSi+. The lowest BCUT2D eigenvalue weighted by Gasteiger charge is -2.02. The smallest absolute Gasteiger partial charge is 0.282 e. The molecule has 0 radical (unpaired) electrons. The van der Waals surface area contributed by atoms with Crippen molar-refractivity contribution in [2.45, 2.75) is 25.9 Å². The van der Waals surface area contributed by atoms with Crippen molar-refractivity contribution in [3.63, 3.8) is 0 Å². The maximum atomic E-state index is 2.42. The van der Waals surface area contributed by atoms with E-state index in [0.717, 1.165) is 0 Å². The van der Waals surface area contributed by atoms with Gasteiger partial charge in [-0.3, -0.25) is 4.23 Å². The SMILES string of the molecule is CC[SiH](CC)[n+]1ccccc1. The summed E-state index contributed by atoms with van der Waals surface area (Å²) in [6, 6.07) is 9.01. The predicted molar refractivity (Wildman–Crippen MR) is 50.1 cm³/mol. The van der Waals surface area contributed by atoms with E-state index in [4.69, 9.17) is 0 Å². The highest BCUT2D eigenvalue weighted by Crippen LogP contribution is 1.93. The molecule has 1 nitrogen and oxygen atoms in total. The monoisotopic (exact) mass is 166 g/mol. The molecule has 0 aliphatic heterocycles. The van der Waals surface area contributed by atoms with E-state index in [-0.39, 0.29) is 0 Å². The molecule has 0 aliphatic carbocycles. The molecule has 0 fully saturated rings. The number of hydrogen-bond acceptors (Lipinski definition) is 0. The Bertz CT molecular complexity index is 194. The molecule has 0 amide bonds. The van der Waals surface area contributed by atoms with Crippen molar-refractivity contribution in [2.75, 3.05) is 0 Å². The van der Waals surface area contributed by atoms with Gasteiger partial charge in [0.25, 0.3) is 0 Å². The highest BCUT2D eigenvalue weighted by Gasteiger charge is 2.16. The van der Waals surface area contributed by atoms with Crippen LogP contribution in [0.4, 0.5) is 0 Å². The van der Waals surface area contributed by atoms with Crippen LogP contribution in [0.1, 0.15) is 13.8 Å². The summed E-state index contributed by atoms with van der Waals surface area (Å²) in [5.41, 5.74) is 0. The second-order valence-electron chi connectivity index (χ2n) is 2.79. The first kappa shape index (κ1) is 8.46. The van der Waals surface area contributed by atoms with Crippen molar-refractivity contribution in [1.29, 1.82) is 0 Å². The molecule has 2 heteroatoms. The van der Waals surface area contributed by atoms with Crippen LogP contribution in [0.25, 0.3) is 0 Å². The number of nitrogens with zero attached hydrogens (tertiary/aromatic N) is 1. The summed E-state index contributed by atoms with van der Waals surface area (Å²) in [5, 5.41) is 0. The van der Waals surface area contributed by atoms with E-state index in [1.165, 1.54) is 12.1 Å². The Morgan fingerprint density at radius 3 is 2.00 bits per heavy atom. The van der Waals surface area contributed by atoms with E-state index >= 15 is 0 Å². The lowest BCUT2D eigenvalue weighted by Crippen LogP contribution is -2.49. The third-order valence-corrected chi connectivity index (χ3v) is 5.18. The summed E-state index contributed by atoms with van der Waals surface area (Å²) < 4.78 is 2.42. The predicted octanol–water partition coefficient (Wildman–Crippen LogP) is 1.59. The third-order valence-electron chi connectivity index (χ3n) is 2.10. The number of aromatic nitrogens is 1. The Kier molecular flexibility index (Phi) is 3.30. The van der Waals surface area contributed by atoms with E-state index in [1.807, 2.05) is 0 Å². The number of hydrogen-bond donors (Lipinski definition) is 0. The van der Waals surface area contributed by atoms with Crippen LogP contribution in [0.3, 0.4) is 0 Å². The number of rotatable bonds is 3. The molecule has 0 bridgehead atoms. The fraction of sp³-hybridized carbons (Fsp3) is 0.444. The Morgan fingerprint density at radius 1 is 1.00 bits per heavy atom. The van der Waals surface area contributed by atoms with Crippen LogP contribution in [-0.4, -0.2) is 8.96 Å². The van der Waals surface area contributed by atoms with Crippen molar-refractivity contribution < 1.29 is 4.23 Å². The minimum Gasteiger partial charge on any atom is -0.282 e. The quantitative estimate of drug-likeness (QED) is 0.600. The zero-order chi connectivity index (χ0) is 8.10. The molecule has 11 heavy (non-hydrogen) atoms. The van der Waals surface area contributed by atoms with Gasteiger partial charge in [0, 0.05) is 0 Å². The highest BCUT2D eigenvalue weighted by molar-refractivity contribution is 6.49. The lowest BCUT2D eigenvalue weighted by molar-refractivity contribution is -0.538. The molecule has 0 saturated heterocycles. The molecule has 0 N–H and O–H groups in total. The first-order valence-corrected chi connectivity index (χ1v) is 6.49. The third kappa shape index (κ3) is 2.15. The summed E-state index contributed by atoms with van der Waals surface area (Å²) in [6.07, 6.45) is 4.40. The molecule has 0 aromatic carbocycles. The van der Waals surface area contributed by atoms with Gasteiger partial charge in [0.15, 0.2) is 0 Å².